The molecule has 0 saturated carbocycles. The van der Waals surface area contributed by atoms with Crippen LogP contribution in [0.15, 0.2) is 18.3 Å². The summed E-state index contributed by atoms with van der Waals surface area (Å²) < 4.78 is 9.99. The van der Waals surface area contributed by atoms with Crippen LogP contribution in [0.2, 0.25) is 0 Å². The van der Waals surface area contributed by atoms with E-state index in [-0.39, 0.29) is 5.69 Å². The third-order valence-corrected chi connectivity index (χ3v) is 1.51. The van der Waals surface area contributed by atoms with Crippen molar-refractivity contribution < 1.29 is 19.4 Å². The van der Waals surface area contributed by atoms with E-state index in [2.05, 4.69) is 4.98 Å². The molecule has 1 N–H and O–H groups in total. The maximum Gasteiger partial charge on any atom is 0.354 e. The Kier molecular flexibility index (Phi) is 3.87. The Hall–Kier alpha value is -1.62. The lowest BCUT2D eigenvalue weighted by molar-refractivity contribution is 0.0689. The van der Waals surface area contributed by atoms with Crippen molar-refractivity contribution >= 4 is 5.97 Å². The molecule has 0 unspecified atom stereocenters. The first kappa shape index (κ1) is 10.5. The van der Waals surface area contributed by atoms with Crippen LogP contribution in [-0.2, 0) is 4.74 Å². The molecule has 0 fully saturated rings. The molecule has 0 amide bonds. The molecule has 5 heteroatoms. The zero-order valence-electron chi connectivity index (χ0n) is 7.77. The number of methoxy groups -OCH3 is 1. The van der Waals surface area contributed by atoms with Crippen LogP contribution in [0, 0.1) is 0 Å². The summed E-state index contributed by atoms with van der Waals surface area (Å²) in [4.78, 5) is 14.2. The number of carboxylic acid groups (broad SMARTS) is 1. The van der Waals surface area contributed by atoms with E-state index in [1.165, 1.54) is 12.3 Å². The summed E-state index contributed by atoms with van der Waals surface area (Å²) in [6.45, 7) is 0.851. The number of carbonyl (C=O) groups is 1. The van der Waals surface area contributed by atoms with Crippen LogP contribution in [0.3, 0.4) is 0 Å². The van der Waals surface area contributed by atoms with Gasteiger partial charge in [0.2, 0.25) is 0 Å². The van der Waals surface area contributed by atoms with Gasteiger partial charge in [-0.3, -0.25) is 0 Å². The number of hydrogen-bond donors (Lipinski definition) is 1. The minimum atomic E-state index is -1.07. The zero-order valence-corrected chi connectivity index (χ0v) is 7.77. The third kappa shape index (κ3) is 3.02. The smallest absolute Gasteiger partial charge is 0.354 e. The van der Waals surface area contributed by atoms with Gasteiger partial charge in [-0.25, -0.2) is 9.78 Å². The Morgan fingerprint density at radius 2 is 2.36 bits per heavy atom. The molecule has 0 spiro atoms. The fraction of sp³-hybridized carbons (Fsp3) is 0.333. The maximum absolute atomic E-state index is 10.5. The van der Waals surface area contributed by atoms with Crippen LogP contribution >= 0.6 is 0 Å². The number of pyridine rings is 1. The quantitative estimate of drug-likeness (QED) is 0.707. The molecule has 0 aliphatic heterocycles. The average Bonchev–Trinajstić information content (AvgIpc) is 2.19. The number of carboxylic acids is 1. The second kappa shape index (κ2) is 5.18. The minimum absolute atomic E-state index is 0.0279. The fourth-order valence-corrected chi connectivity index (χ4v) is 0.861. The number of ether oxygens (including phenoxy) is 2. The molecule has 0 atom stereocenters. The van der Waals surface area contributed by atoms with Crippen LogP contribution in [0.25, 0.3) is 0 Å². The zero-order chi connectivity index (χ0) is 10.4. The van der Waals surface area contributed by atoms with Crippen LogP contribution in [0.1, 0.15) is 10.5 Å². The highest BCUT2D eigenvalue weighted by Gasteiger charge is 2.04. The third-order valence-electron chi connectivity index (χ3n) is 1.51. The molecule has 0 radical (unpaired) electrons. The summed E-state index contributed by atoms with van der Waals surface area (Å²) in [6, 6.07) is 2.97. The van der Waals surface area contributed by atoms with Crippen molar-refractivity contribution in [2.75, 3.05) is 20.3 Å². The summed E-state index contributed by atoms with van der Waals surface area (Å²) in [5.74, 6) is -0.586. The van der Waals surface area contributed by atoms with Crippen LogP contribution < -0.4 is 4.74 Å². The number of hydrogen-bond acceptors (Lipinski definition) is 4. The summed E-state index contributed by atoms with van der Waals surface area (Å²) in [5.41, 5.74) is -0.0279. The van der Waals surface area contributed by atoms with Gasteiger partial charge in [0.05, 0.1) is 6.61 Å². The summed E-state index contributed by atoms with van der Waals surface area (Å²) in [5, 5.41) is 8.64. The lowest BCUT2D eigenvalue weighted by Gasteiger charge is -2.04. The van der Waals surface area contributed by atoms with Crippen molar-refractivity contribution in [1.82, 2.24) is 4.98 Å². The standard InChI is InChI=1S/C9H11NO4/c1-13-4-5-14-7-2-3-10-8(6-7)9(11)12/h2-3,6H,4-5H2,1H3,(H,11,12). The van der Waals surface area contributed by atoms with Crippen molar-refractivity contribution in [3.8, 4) is 5.75 Å². The number of rotatable bonds is 5. The van der Waals surface area contributed by atoms with E-state index in [0.29, 0.717) is 19.0 Å². The predicted octanol–water partition coefficient (Wildman–Crippen LogP) is 0.805. The predicted molar refractivity (Wildman–Crippen MR) is 48.6 cm³/mol. The molecular formula is C9H11NO4. The van der Waals surface area contributed by atoms with E-state index in [9.17, 15) is 4.79 Å². The molecule has 76 valence electrons. The van der Waals surface area contributed by atoms with Crippen LogP contribution in [-0.4, -0.2) is 36.4 Å². The second-order valence-electron chi connectivity index (χ2n) is 2.52. The monoisotopic (exact) mass is 197 g/mol. The highest BCUT2D eigenvalue weighted by molar-refractivity contribution is 5.85. The first-order valence-corrected chi connectivity index (χ1v) is 4.05. The van der Waals surface area contributed by atoms with Crippen LogP contribution in [0.5, 0.6) is 5.75 Å². The number of aromatic carboxylic acids is 1. The molecule has 0 aliphatic carbocycles. The van der Waals surface area contributed by atoms with Gasteiger partial charge in [0.25, 0.3) is 0 Å². The van der Waals surface area contributed by atoms with Gasteiger partial charge in [0.15, 0.2) is 5.69 Å². The number of nitrogens with zero attached hydrogens (tertiary/aromatic N) is 1. The van der Waals surface area contributed by atoms with Crippen molar-refractivity contribution in [3.63, 3.8) is 0 Å². The highest BCUT2D eigenvalue weighted by atomic mass is 16.5. The van der Waals surface area contributed by atoms with Gasteiger partial charge in [-0.15, -0.1) is 0 Å². The van der Waals surface area contributed by atoms with E-state index in [1.54, 1.807) is 13.2 Å². The molecule has 1 aromatic heterocycles. The van der Waals surface area contributed by atoms with Gasteiger partial charge < -0.3 is 14.6 Å². The minimum Gasteiger partial charge on any atom is -0.491 e. The summed E-state index contributed by atoms with van der Waals surface area (Å²) >= 11 is 0. The molecule has 0 aliphatic rings. The lowest BCUT2D eigenvalue weighted by atomic mass is 10.3. The Balaban J connectivity index is 2.59. The van der Waals surface area contributed by atoms with E-state index < -0.39 is 5.97 Å². The van der Waals surface area contributed by atoms with Crippen molar-refractivity contribution in [2.45, 2.75) is 0 Å². The molecule has 1 heterocycles. The van der Waals surface area contributed by atoms with Crippen molar-refractivity contribution in [1.29, 1.82) is 0 Å². The Labute approximate surface area is 81.3 Å². The molecule has 14 heavy (non-hydrogen) atoms. The Bertz CT molecular complexity index is 313. The van der Waals surface area contributed by atoms with Gasteiger partial charge in [-0.05, 0) is 6.07 Å². The molecule has 0 bridgehead atoms. The topological polar surface area (TPSA) is 68.7 Å². The maximum atomic E-state index is 10.5. The molecule has 0 aromatic carbocycles. The first-order valence-electron chi connectivity index (χ1n) is 4.05. The highest BCUT2D eigenvalue weighted by Crippen LogP contribution is 2.10. The van der Waals surface area contributed by atoms with E-state index in [0.717, 1.165) is 0 Å². The first-order chi connectivity index (χ1) is 6.74. The Morgan fingerprint density at radius 3 is 3.00 bits per heavy atom. The molecule has 5 nitrogen and oxygen atoms in total. The van der Waals surface area contributed by atoms with Gasteiger partial charge in [-0.2, -0.15) is 0 Å². The SMILES string of the molecule is COCCOc1ccnc(C(=O)O)c1. The van der Waals surface area contributed by atoms with Gasteiger partial charge in [0, 0.05) is 19.4 Å². The van der Waals surface area contributed by atoms with Gasteiger partial charge >= 0.3 is 5.97 Å². The lowest BCUT2D eigenvalue weighted by Crippen LogP contribution is -2.06. The van der Waals surface area contributed by atoms with Gasteiger partial charge in [-0.1, -0.05) is 0 Å². The summed E-state index contributed by atoms with van der Waals surface area (Å²) in [6.07, 6.45) is 1.39. The van der Waals surface area contributed by atoms with Gasteiger partial charge in [0.1, 0.15) is 12.4 Å². The van der Waals surface area contributed by atoms with E-state index >= 15 is 0 Å². The fourth-order valence-electron chi connectivity index (χ4n) is 0.861. The molecule has 1 aromatic rings. The normalized spacial score (nSPS) is 9.79. The second-order valence-corrected chi connectivity index (χ2v) is 2.52. The van der Waals surface area contributed by atoms with Crippen molar-refractivity contribution in [2.24, 2.45) is 0 Å². The average molecular weight is 197 g/mol. The number of aromatic nitrogens is 1. The Morgan fingerprint density at radius 1 is 1.57 bits per heavy atom. The van der Waals surface area contributed by atoms with E-state index in [4.69, 9.17) is 14.6 Å². The van der Waals surface area contributed by atoms with E-state index in [1.807, 2.05) is 0 Å². The molecular weight excluding hydrogens is 186 g/mol. The molecule has 1 rings (SSSR count). The molecule has 0 saturated heterocycles. The van der Waals surface area contributed by atoms with Crippen molar-refractivity contribution in [3.05, 3.63) is 24.0 Å². The van der Waals surface area contributed by atoms with Crippen LogP contribution in [0.4, 0.5) is 0 Å². The summed E-state index contributed by atoms with van der Waals surface area (Å²) in [7, 11) is 1.57. The largest absolute Gasteiger partial charge is 0.491 e.